The number of benzene rings is 1. The Kier molecular flexibility index (Phi) is 3.56. The summed E-state index contributed by atoms with van der Waals surface area (Å²) in [7, 11) is -2.46. The summed E-state index contributed by atoms with van der Waals surface area (Å²) in [5, 5.41) is 0. The highest BCUT2D eigenvalue weighted by atomic mass is 32.2. The molecule has 0 heterocycles. The highest BCUT2D eigenvalue weighted by Gasteiger charge is 2.10. The third-order valence-corrected chi connectivity index (χ3v) is 2.36. The number of hydrogen-bond donors (Lipinski definition) is 1. The van der Waals surface area contributed by atoms with Crippen molar-refractivity contribution in [2.45, 2.75) is 12.8 Å². The van der Waals surface area contributed by atoms with Gasteiger partial charge in [-0.05, 0) is 24.6 Å². The maximum Gasteiger partial charge on any atom is 0.316 e. The molecule has 6 heteroatoms. The van der Waals surface area contributed by atoms with Crippen molar-refractivity contribution < 1.29 is 13.2 Å². The third-order valence-electron chi connectivity index (χ3n) is 2.00. The molecule has 5 nitrogen and oxygen atoms in total. The summed E-state index contributed by atoms with van der Waals surface area (Å²) >= 11 is 0. The smallest absolute Gasteiger partial charge is 0.316 e. The summed E-state index contributed by atoms with van der Waals surface area (Å²) in [6.07, 6.45) is 0. The second-order valence-electron chi connectivity index (χ2n) is 3.02. The zero-order valence-corrected chi connectivity index (χ0v) is 8.86. The normalized spacial score (nSPS) is 11.8. The third kappa shape index (κ3) is 3.17. The van der Waals surface area contributed by atoms with Crippen LogP contribution in [0.3, 0.4) is 0 Å². The predicted octanol–water partition coefficient (Wildman–Crippen LogP) is 0.970. The number of nitrogens with two attached hydrogens (primary N) is 1. The fraction of sp³-hybridized carbons (Fsp3) is 0.222. The Hall–Kier alpha value is -1.69. The minimum absolute atomic E-state index is 0.323. The Morgan fingerprint density at radius 3 is 2.27 bits per heavy atom. The first-order valence-corrected chi connectivity index (χ1v) is 5.24. The van der Waals surface area contributed by atoms with Gasteiger partial charge < -0.3 is 5.73 Å². The second-order valence-corrected chi connectivity index (χ2v) is 3.64. The lowest BCUT2D eigenvalue weighted by atomic mass is 10.0. The van der Waals surface area contributed by atoms with E-state index in [1.165, 1.54) is 12.1 Å². The minimum atomic E-state index is -2.46. The quantitative estimate of drug-likeness (QED) is 0.832. The van der Waals surface area contributed by atoms with Crippen LogP contribution >= 0.6 is 0 Å². The average molecular weight is 226 g/mol. The van der Waals surface area contributed by atoms with Crippen molar-refractivity contribution in [3.8, 4) is 0 Å². The zero-order valence-electron chi connectivity index (χ0n) is 8.04. The van der Waals surface area contributed by atoms with Crippen molar-refractivity contribution in [2.24, 2.45) is 10.1 Å². The maximum atomic E-state index is 10.9. The Morgan fingerprint density at radius 1 is 1.33 bits per heavy atom. The number of carbonyl (C=O) groups is 1. The first-order chi connectivity index (χ1) is 7.00. The summed E-state index contributed by atoms with van der Waals surface area (Å²) in [5.74, 6) is -0.816. The highest BCUT2D eigenvalue weighted by Crippen LogP contribution is 2.19. The fourth-order valence-electron chi connectivity index (χ4n) is 1.07. The van der Waals surface area contributed by atoms with Crippen molar-refractivity contribution in [1.29, 1.82) is 0 Å². The van der Waals surface area contributed by atoms with Crippen LogP contribution in [0.4, 0.5) is 5.69 Å². The van der Waals surface area contributed by atoms with Crippen molar-refractivity contribution in [3.05, 3.63) is 29.8 Å². The zero-order chi connectivity index (χ0) is 11.4. The van der Waals surface area contributed by atoms with E-state index in [1.807, 2.05) is 0 Å². The first-order valence-electron chi connectivity index (χ1n) is 4.21. The summed E-state index contributed by atoms with van der Waals surface area (Å²) in [6.45, 7) is 1.68. The lowest BCUT2D eigenvalue weighted by Gasteiger charge is -2.06. The SMILES string of the molecule is C[C@@H](C(N)=O)c1ccc(N=S(=O)=O)cc1. The Morgan fingerprint density at radius 2 is 1.87 bits per heavy atom. The monoisotopic (exact) mass is 226 g/mol. The molecule has 1 amide bonds. The first kappa shape index (κ1) is 11.4. The van der Waals surface area contributed by atoms with Crippen LogP contribution in [0.2, 0.25) is 0 Å². The Labute approximate surface area is 88.6 Å². The van der Waals surface area contributed by atoms with Crippen LogP contribution < -0.4 is 5.73 Å². The van der Waals surface area contributed by atoms with Gasteiger partial charge in [-0.2, -0.15) is 8.42 Å². The molecular formula is C9H10N2O3S. The lowest BCUT2D eigenvalue weighted by molar-refractivity contribution is -0.119. The van der Waals surface area contributed by atoms with Crippen LogP contribution in [0.25, 0.3) is 0 Å². The maximum absolute atomic E-state index is 10.9. The van der Waals surface area contributed by atoms with Gasteiger partial charge in [0, 0.05) is 0 Å². The van der Waals surface area contributed by atoms with Crippen LogP contribution in [0.15, 0.2) is 28.6 Å². The molecule has 0 radical (unpaired) electrons. The van der Waals surface area contributed by atoms with Gasteiger partial charge in [-0.25, -0.2) is 0 Å². The number of rotatable bonds is 3. The topological polar surface area (TPSA) is 89.6 Å². The summed E-state index contributed by atoms with van der Waals surface area (Å²) in [6, 6.07) is 6.29. The molecule has 0 unspecified atom stereocenters. The molecule has 0 aliphatic rings. The molecular weight excluding hydrogens is 216 g/mol. The molecule has 2 N–H and O–H groups in total. The average Bonchev–Trinajstić information content (AvgIpc) is 2.17. The van der Waals surface area contributed by atoms with E-state index in [0.717, 1.165) is 5.56 Å². The van der Waals surface area contributed by atoms with Crippen LogP contribution in [0, 0.1) is 0 Å². The molecule has 0 saturated carbocycles. The van der Waals surface area contributed by atoms with Crippen molar-refractivity contribution in [3.63, 3.8) is 0 Å². The number of primary amides is 1. The number of hydrogen-bond acceptors (Lipinski definition) is 4. The molecule has 1 atom stereocenters. The van der Waals surface area contributed by atoms with Gasteiger partial charge in [0.15, 0.2) is 0 Å². The molecule has 0 fully saturated rings. The number of amides is 1. The highest BCUT2D eigenvalue weighted by molar-refractivity contribution is 7.61. The van der Waals surface area contributed by atoms with Crippen molar-refractivity contribution >= 4 is 22.1 Å². The summed E-state index contributed by atoms with van der Waals surface area (Å²) in [4.78, 5) is 10.9. The molecule has 0 aliphatic heterocycles. The van der Waals surface area contributed by atoms with Gasteiger partial charge in [0.1, 0.15) is 0 Å². The van der Waals surface area contributed by atoms with E-state index < -0.39 is 22.3 Å². The Bertz CT molecular complexity index is 483. The molecule has 1 rings (SSSR count). The van der Waals surface area contributed by atoms with E-state index in [4.69, 9.17) is 5.73 Å². The minimum Gasteiger partial charge on any atom is -0.369 e. The molecule has 15 heavy (non-hydrogen) atoms. The van der Waals surface area contributed by atoms with Crippen molar-refractivity contribution in [2.75, 3.05) is 0 Å². The molecule has 0 aliphatic carbocycles. The fourth-order valence-corrected chi connectivity index (χ4v) is 1.37. The molecule has 0 aromatic heterocycles. The van der Waals surface area contributed by atoms with E-state index in [0.29, 0.717) is 5.69 Å². The summed E-state index contributed by atoms with van der Waals surface area (Å²) in [5.41, 5.74) is 6.18. The van der Waals surface area contributed by atoms with Gasteiger partial charge in [-0.3, -0.25) is 4.79 Å². The largest absolute Gasteiger partial charge is 0.369 e. The van der Waals surface area contributed by atoms with Crippen LogP contribution in [-0.2, 0) is 15.3 Å². The van der Waals surface area contributed by atoms with Crippen LogP contribution in [0.5, 0.6) is 0 Å². The standard InChI is InChI=1S/C9H10N2O3S/c1-6(9(10)12)7-2-4-8(5-3-7)11-15(13)14/h2-6H,1H3,(H2,10,12)/t6-/m1/s1. The Balaban J connectivity index is 3.00. The van der Waals surface area contributed by atoms with E-state index in [-0.39, 0.29) is 0 Å². The van der Waals surface area contributed by atoms with E-state index >= 15 is 0 Å². The van der Waals surface area contributed by atoms with E-state index in [1.54, 1.807) is 19.1 Å². The predicted molar refractivity (Wildman–Crippen MR) is 55.1 cm³/mol. The molecule has 0 spiro atoms. The van der Waals surface area contributed by atoms with Gasteiger partial charge in [0.05, 0.1) is 11.6 Å². The van der Waals surface area contributed by atoms with E-state index in [2.05, 4.69) is 4.36 Å². The molecule has 0 saturated heterocycles. The summed E-state index contributed by atoms with van der Waals surface area (Å²) < 4.78 is 23.8. The van der Waals surface area contributed by atoms with Crippen LogP contribution in [0.1, 0.15) is 18.4 Å². The molecule has 80 valence electrons. The second kappa shape index (κ2) is 4.70. The molecule has 1 aromatic rings. The van der Waals surface area contributed by atoms with Gasteiger partial charge in [0.2, 0.25) is 5.91 Å². The number of nitrogens with zero attached hydrogens (tertiary/aromatic N) is 1. The molecule has 1 aromatic carbocycles. The van der Waals surface area contributed by atoms with Gasteiger partial charge in [-0.1, -0.05) is 12.1 Å². The van der Waals surface area contributed by atoms with Gasteiger partial charge in [0.25, 0.3) is 0 Å². The van der Waals surface area contributed by atoms with E-state index in [9.17, 15) is 13.2 Å². The van der Waals surface area contributed by atoms with Gasteiger partial charge >= 0.3 is 10.5 Å². The van der Waals surface area contributed by atoms with Crippen molar-refractivity contribution in [1.82, 2.24) is 0 Å². The van der Waals surface area contributed by atoms with Gasteiger partial charge in [-0.15, -0.1) is 4.36 Å². The lowest BCUT2D eigenvalue weighted by Crippen LogP contribution is -2.18. The number of carbonyl (C=O) groups excluding carboxylic acids is 1. The molecule has 0 bridgehead atoms. The van der Waals surface area contributed by atoms with Crippen LogP contribution in [-0.4, -0.2) is 14.3 Å².